The Morgan fingerprint density at radius 2 is 2.29 bits per heavy atom. The zero-order valence-electron chi connectivity index (χ0n) is 7.20. The normalized spacial score (nSPS) is 10.3. The molecule has 6 heteroatoms. The highest BCUT2D eigenvalue weighted by Crippen LogP contribution is 2.33. The van der Waals surface area contributed by atoms with E-state index in [1.165, 1.54) is 7.11 Å². The second-order valence-electron chi connectivity index (χ2n) is 2.40. The molecule has 0 saturated carbocycles. The fraction of sp³-hybridized carbons (Fsp3) is 0.250. The molecular weight excluding hydrogens is 196 g/mol. The Kier molecular flexibility index (Phi) is 2.95. The summed E-state index contributed by atoms with van der Waals surface area (Å²) in [5.74, 6) is -0.948. The Morgan fingerprint density at radius 3 is 2.71 bits per heavy atom. The van der Waals surface area contributed by atoms with Crippen LogP contribution >= 0.6 is 0 Å². The SMILES string of the molecule is COc1ncc(O)c(C(F)F)c1C=O. The van der Waals surface area contributed by atoms with Gasteiger partial charge in [0.25, 0.3) is 6.43 Å². The van der Waals surface area contributed by atoms with Crippen molar-refractivity contribution in [3.63, 3.8) is 0 Å². The number of pyridine rings is 1. The highest BCUT2D eigenvalue weighted by molar-refractivity contribution is 5.82. The molecule has 0 atom stereocenters. The third kappa shape index (κ3) is 1.63. The highest BCUT2D eigenvalue weighted by Gasteiger charge is 2.22. The van der Waals surface area contributed by atoms with Crippen LogP contribution in [0.2, 0.25) is 0 Å². The number of carbonyl (C=O) groups is 1. The Bertz CT molecular complexity index is 355. The largest absolute Gasteiger partial charge is 0.506 e. The van der Waals surface area contributed by atoms with E-state index in [1.807, 2.05) is 0 Å². The lowest BCUT2D eigenvalue weighted by atomic mass is 10.1. The van der Waals surface area contributed by atoms with Crippen molar-refractivity contribution in [3.05, 3.63) is 17.3 Å². The van der Waals surface area contributed by atoms with E-state index in [0.717, 1.165) is 6.20 Å². The summed E-state index contributed by atoms with van der Waals surface area (Å²) in [5, 5.41) is 9.06. The first-order valence-corrected chi connectivity index (χ1v) is 3.61. The van der Waals surface area contributed by atoms with Crippen LogP contribution in [0.4, 0.5) is 8.78 Å². The Hall–Kier alpha value is -1.72. The molecule has 1 heterocycles. The van der Waals surface area contributed by atoms with Gasteiger partial charge in [-0.3, -0.25) is 4.79 Å². The predicted molar refractivity (Wildman–Crippen MR) is 42.8 cm³/mol. The number of hydrogen-bond donors (Lipinski definition) is 1. The first kappa shape index (κ1) is 10.4. The molecule has 1 rings (SSSR count). The van der Waals surface area contributed by atoms with Crippen LogP contribution in [0.1, 0.15) is 22.3 Å². The second-order valence-corrected chi connectivity index (χ2v) is 2.40. The summed E-state index contributed by atoms with van der Waals surface area (Å²) in [6.45, 7) is 0. The summed E-state index contributed by atoms with van der Waals surface area (Å²) in [4.78, 5) is 14.0. The van der Waals surface area contributed by atoms with E-state index in [2.05, 4.69) is 9.72 Å². The smallest absolute Gasteiger partial charge is 0.268 e. The van der Waals surface area contributed by atoms with Crippen LogP contribution in [0.3, 0.4) is 0 Å². The number of methoxy groups -OCH3 is 1. The first-order chi connectivity index (χ1) is 6.61. The molecule has 0 aliphatic heterocycles. The number of halogens is 2. The summed E-state index contributed by atoms with van der Waals surface area (Å²) in [6, 6.07) is 0. The minimum atomic E-state index is -2.95. The lowest BCUT2D eigenvalue weighted by Gasteiger charge is -2.08. The Morgan fingerprint density at radius 1 is 1.64 bits per heavy atom. The van der Waals surface area contributed by atoms with Crippen molar-refractivity contribution in [3.8, 4) is 11.6 Å². The summed E-state index contributed by atoms with van der Waals surface area (Å²) < 4.78 is 29.4. The fourth-order valence-corrected chi connectivity index (χ4v) is 1.02. The molecule has 0 spiro atoms. The van der Waals surface area contributed by atoms with Gasteiger partial charge in [-0.25, -0.2) is 13.8 Å². The van der Waals surface area contributed by atoms with E-state index in [4.69, 9.17) is 5.11 Å². The molecule has 1 aromatic rings. The van der Waals surface area contributed by atoms with Crippen molar-refractivity contribution in [1.82, 2.24) is 4.98 Å². The number of rotatable bonds is 3. The molecule has 4 nitrogen and oxygen atoms in total. The van der Waals surface area contributed by atoms with Gasteiger partial charge in [-0.1, -0.05) is 0 Å². The molecule has 0 unspecified atom stereocenters. The van der Waals surface area contributed by atoms with Gasteiger partial charge in [-0.05, 0) is 0 Å². The van der Waals surface area contributed by atoms with Crippen molar-refractivity contribution in [2.45, 2.75) is 6.43 Å². The molecule has 0 saturated heterocycles. The summed E-state index contributed by atoms with van der Waals surface area (Å²) in [5.41, 5.74) is -1.19. The standard InChI is InChI=1S/C8H7F2NO3/c1-14-8-4(3-12)6(7(9)10)5(13)2-11-8/h2-3,7,13H,1H3. The van der Waals surface area contributed by atoms with E-state index in [1.54, 1.807) is 0 Å². The molecule has 0 fully saturated rings. The van der Waals surface area contributed by atoms with Gasteiger partial charge in [-0.2, -0.15) is 0 Å². The molecule has 1 aromatic heterocycles. The lowest BCUT2D eigenvalue weighted by molar-refractivity contribution is 0.109. The van der Waals surface area contributed by atoms with Crippen LogP contribution in [0.25, 0.3) is 0 Å². The minimum Gasteiger partial charge on any atom is -0.506 e. The molecule has 0 aliphatic rings. The number of hydrogen-bond acceptors (Lipinski definition) is 4. The molecule has 14 heavy (non-hydrogen) atoms. The summed E-state index contributed by atoms with van der Waals surface area (Å²) in [6.07, 6.45) is -1.97. The van der Waals surface area contributed by atoms with E-state index in [-0.39, 0.29) is 12.2 Å². The van der Waals surface area contributed by atoms with Crippen LogP contribution in [0.15, 0.2) is 6.20 Å². The number of alkyl halides is 2. The maximum atomic E-state index is 12.4. The molecule has 0 bridgehead atoms. The second kappa shape index (κ2) is 3.99. The molecule has 76 valence electrons. The molecule has 0 aromatic carbocycles. The van der Waals surface area contributed by atoms with Gasteiger partial charge >= 0.3 is 0 Å². The molecule has 1 N–H and O–H groups in total. The Balaban J connectivity index is 3.42. The maximum Gasteiger partial charge on any atom is 0.268 e. The van der Waals surface area contributed by atoms with E-state index in [0.29, 0.717) is 0 Å². The fourth-order valence-electron chi connectivity index (χ4n) is 1.02. The zero-order chi connectivity index (χ0) is 10.7. The van der Waals surface area contributed by atoms with Gasteiger partial charge in [0.2, 0.25) is 5.88 Å². The number of aromatic nitrogens is 1. The molecule has 0 radical (unpaired) electrons. The number of carbonyl (C=O) groups excluding carboxylic acids is 1. The molecule has 0 amide bonds. The van der Waals surface area contributed by atoms with Crippen LogP contribution in [-0.2, 0) is 0 Å². The average molecular weight is 203 g/mol. The Labute approximate surface area is 78.1 Å². The lowest BCUT2D eigenvalue weighted by Crippen LogP contribution is -2.00. The first-order valence-electron chi connectivity index (χ1n) is 3.61. The van der Waals surface area contributed by atoms with Gasteiger partial charge < -0.3 is 9.84 Å². The monoisotopic (exact) mass is 203 g/mol. The van der Waals surface area contributed by atoms with Gasteiger partial charge in [0.1, 0.15) is 5.75 Å². The third-order valence-electron chi connectivity index (χ3n) is 1.63. The van der Waals surface area contributed by atoms with Crippen LogP contribution in [-0.4, -0.2) is 23.5 Å². The number of nitrogens with zero attached hydrogens (tertiary/aromatic N) is 1. The van der Waals surface area contributed by atoms with Crippen LogP contribution < -0.4 is 4.74 Å². The topological polar surface area (TPSA) is 59.4 Å². The zero-order valence-corrected chi connectivity index (χ0v) is 7.20. The molecular formula is C8H7F2NO3. The predicted octanol–water partition coefficient (Wildman–Crippen LogP) is 1.55. The highest BCUT2D eigenvalue weighted by atomic mass is 19.3. The maximum absolute atomic E-state index is 12.4. The molecule has 0 aliphatic carbocycles. The number of aromatic hydroxyl groups is 1. The van der Waals surface area contributed by atoms with E-state index >= 15 is 0 Å². The minimum absolute atomic E-state index is 0.174. The van der Waals surface area contributed by atoms with Gasteiger partial charge in [0.05, 0.1) is 24.4 Å². The van der Waals surface area contributed by atoms with Crippen molar-refractivity contribution >= 4 is 6.29 Å². The van der Waals surface area contributed by atoms with Crippen molar-refractivity contribution in [2.75, 3.05) is 7.11 Å². The van der Waals surface area contributed by atoms with Crippen LogP contribution in [0.5, 0.6) is 11.6 Å². The quantitative estimate of drug-likeness (QED) is 0.757. The van der Waals surface area contributed by atoms with Crippen molar-refractivity contribution in [1.29, 1.82) is 0 Å². The van der Waals surface area contributed by atoms with Gasteiger partial charge in [-0.15, -0.1) is 0 Å². The number of ether oxygens (including phenoxy) is 1. The van der Waals surface area contributed by atoms with Crippen molar-refractivity contribution < 1.29 is 23.4 Å². The van der Waals surface area contributed by atoms with Crippen LogP contribution in [0, 0.1) is 0 Å². The van der Waals surface area contributed by atoms with E-state index in [9.17, 15) is 13.6 Å². The van der Waals surface area contributed by atoms with Gasteiger partial charge in [0, 0.05) is 0 Å². The third-order valence-corrected chi connectivity index (χ3v) is 1.63. The number of aldehydes is 1. The van der Waals surface area contributed by atoms with Crippen molar-refractivity contribution in [2.24, 2.45) is 0 Å². The summed E-state index contributed by atoms with van der Waals surface area (Å²) >= 11 is 0. The summed E-state index contributed by atoms with van der Waals surface area (Å²) in [7, 11) is 1.20. The van der Waals surface area contributed by atoms with Gasteiger partial charge in [0.15, 0.2) is 6.29 Å². The average Bonchev–Trinajstić information content (AvgIpc) is 2.16. The van der Waals surface area contributed by atoms with E-state index < -0.39 is 23.3 Å².